The third-order valence-electron chi connectivity index (χ3n) is 9.12. The molecule has 16 heteroatoms. The normalized spacial score (nSPS) is 28.4. The Hall–Kier alpha value is -3.17. The molecule has 1 saturated heterocycles. The molecule has 1 aromatic heterocycles. The molecule has 1 aliphatic carbocycles. The largest absolute Gasteiger partial charge is 0.444 e. The lowest BCUT2D eigenvalue weighted by atomic mass is 10.1. The van der Waals surface area contributed by atoms with E-state index in [0.29, 0.717) is 18.0 Å². The lowest BCUT2D eigenvalue weighted by Gasteiger charge is -2.28. The Morgan fingerprint density at radius 1 is 1.13 bits per heavy atom. The van der Waals surface area contributed by atoms with Crippen LogP contribution in [0.1, 0.15) is 56.1 Å². The van der Waals surface area contributed by atoms with Crippen molar-refractivity contribution in [2.45, 2.75) is 86.0 Å². The summed E-state index contributed by atoms with van der Waals surface area (Å²) in [7, 11) is -4.15. The van der Waals surface area contributed by atoms with Crippen LogP contribution < -0.4 is 15.8 Å². The number of ether oxygens (including phenoxy) is 1. The Morgan fingerprint density at radius 2 is 1.94 bits per heavy atom. The average Bonchev–Trinajstić information content (AvgIpc) is 3.48. The van der Waals surface area contributed by atoms with Crippen molar-refractivity contribution in [2.24, 2.45) is 11.7 Å². The van der Waals surface area contributed by atoms with Crippen LogP contribution in [-0.4, -0.2) is 72.3 Å². The van der Waals surface area contributed by atoms with Crippen molar-refractivity contribution in [3.05, 3.63) is 64.0 Å². The lowest BCUT2D eigenvalue weighted by molar-refractivity contribution is -0.140. The van der Waals surface area contributed by atoms with E-state index in [2.05, 4.69) is 10.0 Å². The smallest absolute Gasteiger partial charge is 0.410 e. The molecule has 4 N–H and O–H groups in total. The number of thiophene rings is 1. The molecule has 1 aromatic carbocycles. The van der Waals surface area contributed by atoms with Gasteiger partial charge in [-0.2, -0.15) is 0 Å². The molecule has 0 radical (unpaired) electrons. The first-order chi connectivity index (χ1) is 22.0. The fraction of sp³-hybridized carbons (Fsp3) is 0.484. The summed E-state index contributed by atoms with van der Waals surface area (Å²) in [4.78, 5) is 57.1. The van der Waals surface area contributed by atoms with E-state index in [-0.39, 0.29) is 42.5 Å². The Labute approximate surface area is 288 Å². The van der Waals surface area contributed by atoms with Gasteiger partial charge in [-0.05, 0) is 54.3 Å². The van der Waals surface area contributed by atoms with Gasteiger partial charge in [-0.25, -0.2) is 17.9 Å². The van der Waals surface area contributed by atoms with Gasteiger partial charge in [-0.1, -0.05) is 54.8 Å². The van der Waals surface area contributed by atoms with Gasteiger partial charge < -0.3 is 20.7 Å². The van der Waals surface area contributed by atoms with Crippen LogP contribution in [0.25, 0.3) is 0 Å². The van der Waals surface area contributed by atoms with Crippen molar-refractivity contribution in [3.63, 3.8) is 0 Å². The highest BCUT2D eigenvalue weighted by molar-refractivity contribution is 7.92. The van der Waals surface area contributed by atoms with Crippen LogP contribution in [0.5, 0.6) is 0 Å². The highest BCUT2D eigenvalue weighted by atomic mass is 35.5. The maximum Gasteiger partial charge on any atom is 0.410 e. The molecule has 254 valence electrons. The number of allylic oxidation sites excluding steroid dienone is 1. The Balaban J connectivity index is 0.00000433. The molecule has 47 heavy (non-hydrogen) atoms. The minimum atomic E-state index is -4.15. The molecule has 12 nitrogen and oxygen atoms in total. The van der Waals surface area contributed by atoms with Crippen LogP contribution in [-0.2, 0) is 42.2 Å². The monoisotopic (exact) mass is 725 g/mol. The van der Waals surface area contributed by atoms with Crippen LogP contribution in [0.4, 0.5) is 4.79 Å². The molecule has 0 bridgehead atoms. The highest BCUT2D eigenvalue weighted by Crippen LogP contribution is 2.46. The number of hydrogen-bond acceptors (Lipinski definition) is 9. The average molecular weight is 727 g/mol. The summed E-state index contributed by atoms with van der Waals surface area (Å²) in [6.07, 6.45) is 6.11. The van der Waals surface area contributed by atoms with Crippen molar-refractivity contribution < 1.29 is 32.3 Å². The highest BCUT2D eigenvalue weighted by Gasteiger charge is 2.61. The number of nitrogens with two attached hydrogens (primary N) is 1. The van der Waals surface area contributed by atoms with E-state index < -0.39 is 63.5 Å². The molecule has 4 aliphatic rings. The third kappa shape index (κ3) is 7.31. The second-order valence-corrected chi connectivity index (χ2v) is 15.6. The second-order valence-electron chi connectivity index (χ2n) is 12.3. The topological polar surface area (TPSA) is 168 Å². The number of nitrogens with one attached hydrogen (secondary N) is 2. The van der Waals surface area contributed by atoms with Gasteiger partial charge in [0.05, 0.1) is 19.1 Å². The molecular weight excluding hydrogens is 689 g/mol. The fourth-order valence-corrected chi connectivity index (χ4v) is 8.75. The standard InChI is InChI=1S/C31H36ClN5O7S2.ClH/c32-23-10-6-8-19-16-36(18-22(19)23)30(41)44-21-14-25-27(38)34-31(29(40)35-46(42,43)26-12-7-13-45-26)15-20(31)9-4-2-1-3-5-11-24(33)28(39)37(25)17-21;/h4,6-10,12-13,20-21,24-25H,1-3,5,11,14-18,33H2,(H,34,38)(H,35,40);1H/b9-4-;/t20-,21-,24?,25+,31-;/m1./s1. The summed E-state index contributed by atoms with van der Waals surface area (Å²) in [5, 5.41) is 4.94. The molecule has 2 fully saturated rings. The Morgan fingerprint density at radius 3 is 2.68 bits per heavy atom. The fourth-order valence-electron chi connectivity index (χ4n) is 6.47. The number of sulfonamides is 1. The Kier molecular flexibility index (Phi) is 10.6. The van der Waals surface area contributed by atoms with Crippen LogP contribution in [0, 0.1) is 5.92 Å². The zero-order chi connectivity index (χ0) is 32.6. The van der Waals surface area contributed by atoms with Crippen molar-refractivity contribution >= 4 is 69.2 Å². The number of nitrogens with zero attached hydrogens (tertiary/aromatic N) is 2. The van der Waals surface area contributed by atoms with E-state index in [1.54, 1.807) is 17.5 Å². The summed E-state index contributed by atoms with van der Waals surface area (Å²) in [5.41, 5.74) is 6.54. The van der Waals surface area contributed by atoms with Gasteiger partial charge in [0.2, 0.25) is 11.8 Å². The summed E-state index contributed by atoms with van der Waals surface area (Å²) in [6, 6.07) is 6.47. The van der Waals surface area contributed by atoms with Crippen molar-refractivity contribution in [2.75, 3.05) is 6.54 Å². The van der Waals surface area contributed by atoms with E-state index in [9.17, 15) is 27.6 Å². The van der Waals surface area contributed by atoms with Crippen LogP contribution in [0.15, 0.2) is 52.1 Å². The summed E-state index contributed by atoms with van der Waals surface area (Å²) in [5.74, 6) is -2.38. The molecular formula is C31H37Cl2N5O7S2. The van der Waals surface area contributed by atoms with Crippen molar-refractivity contribution in [1.82, 2.24) is 19.8 Å². The summed E-state index contributed by atoms with van der Waals surface area (Å²) < 4.78 is 33.8. The maximum absolute atomic E-state index is 13.9. The van der Waals surface area contributed by atoms with Gasteiger partial charge >= 0.3 is 6.09 Å². The predicted octanol–water partition coefficient (Wildman–Crippen LogP) is 3.47. The van der Waals surface area contributed by atoms with E-state index in [1.165, 1.54) is 15.9 Å². The molecule has 2 aromatic rings. The number of benzene rings is 1. The molecule has 1 saturated carbocycles. The zero-order valence-electron chi connectivity index (χ0n) is 25.4. The summed E-state index contributed by atoms with van der Waals surface area (Å²) in [6.45, 7) is 0.548. The van der Waals surface area contributed by atoms with Gasteiger partial charge in [0, 0.05) is 23.9 Å². The van der Waals surface area contributed by atoms with Crippen LogP contribution in [0.2, 0.25) is 5.02 Å². The molecule has 4 amide bonds. The third-order valence-corrected chi connectivity index (χ3v) is 12.2. The summed E-state index contributed by atoms with van der Waals surface area (Å²) >= 11 is 7.28. The quantitative estimate of drug-likeness (QED) is 0.403. The van der Waals surface area contributed by atoms with E-state index in [1.807, 2.05) is 24.3 Å². The predicted molar refractivity (Wildman–Crippen MR) is 177 cm³/mol. The van der Waals surface area contributed by atoms with Crippen molar-refractivity contribution in [1.29, 1.82) is 0 Å². The number of rotatable bonds is 4. The van der Waals surface area contributed by atoms with Crippen molar-refractivity contribution in [3.8, 4) is 0 Å². The molecule has 5 atom stereocenters. The van der Waals surface area contributed by atoms with E-state index in [4.69, 9.17) is 22.1 Å². The van der Waals surface area contributed by atoms with Gasteiger partial charge in [0.25, 0.3) is 15.9 Å². The van der Waals surface area contributed by atoms with Gasteiger partial charge in [-0.15, -0.1) is 23.7 Å². The van der Waals surface area contributed by atoms with Gasteiger partial charge in [0.15, 0.2) is 0 Å². The zero-order valence-corrected chi connectivity index (χ0v) is 28.6. The Bertz CT molecular complexity index is 1670. The number of carbonyl (C=O) groups excluding carboxylic acids is 4. The van der Waals surface area contributed by atoms with Gasteiger partial charge in [0.1, 0.15) is 21.9 Å². The second kappa shape index (κ2) is 14.1. The number of halogens is 2. The SMILES string of the molecule is Cl.NC1CCCCC/C=C\[C@@H]2C[C@@]2(C(=O)NS(=O)(=O)c2cccs2)NC(=O)[C@@H]2C[C@@H](OC(=O)N3Cc4cccc(Cl)c4C3)CN2C1=O. The molecule has 4 heterocycles. The maximum atomic E-state index is 13.9. The van der Waals surface area contributed by atoms with E-state index in [0.717, 1.165) is 48.1 Å². The number of carbonyl (C=O) groups is 4. The molecule has 1 unspecified atom stereocenters. The van der Waals surface area contributed by atoms with E-state index >= 15 is 0 Å². The number of fused-ring (bicyclic) bond motifs is 3. The molecule has 3 aliphatic heterocycles. The minimum Gasteiger partial charge on any atom is -0.444 e. The first kappa shape index (κ1) is 35.1. The molecule has 6 rings (SSSR count). The van der Waals surface area contributed by atoms with Gasteiger partial charge in [-0.3, -0.25) is 19.3 Å². The first-order valence-electron chi connectivity index (χ1n) is 15.4. The minimum absolute atomic E-state index is 0. The van der Waals surface area contributed by atoms with Crippen LogP contribution >= 0.6 is 35.3 Å². The number of amides is 4. The lowest BCUT2D eigenvalue weighted by Crippen LogP contribution is -2.57. The van der Waals surface area contributed by atoms with Crippen LogP contribution in [0.3, 0.4) is 0 Å². The molecule has 0 spiro atoms. The number of hydrogen-bond donors (Lipinski definition) is 3. The first-order valence-corrected chi connectivity index (χ1v) is 18.1.